The maximum Gasteiger partial charge on any atom is 0.0271 e. The predicted molar refractivity (Wildman–Crippen MR) is 79.7 cm³/mol. The van der Waals surface area contributed by atoms with Gasteiger partial charge in [-0.15, -0.1) is 0 Å². The van der Waals surface area contributed by atoms with Gasteiger partial charge in [-0.3, -0.25) is 9.88 Å². The zero-order valence-electron chi connectivity index (χ0n) is 12.1. The van der Waals surface area contributed by atoms with Gasteiger partial charge in [-0.25, -0.2) is 0 Å². The first-order valence-electron chi connectivity index (χ1n) is 7.68. The summed E-state index contributed by atoms with van der Waals surface area (Å²) in [6.45, 7) is 5.22. The summed E-state index contributed by atoms with van der Waals surface area (Å²) in [6, 6.07) is 4.90. The third-order valence-electron chi connectivity index (χ3n) is 4.43. The van der Waals surface area contributed by atoms with Crippen LogP contribution in [0.2, 0.25) is 0 Å². The molecule has 1 aromatic rings. The van der Waals surface area contributed by atoms with Gasteiger partial charge in [0.15, 0.2) is 0 Å². The molecule has 1 aromatic heterocycles. The summed E-state index contributed by atoms with van der Waals surface area (Å²) in [5.74, 6) is 0.671. The molecule has 19 heavy (non-hydrogen) atoms. The van der Waals surface area contributed by atoms with E-state index in [0.717, 1.165) is 19.6 Å². The first-order valence-corrected chi connectivity index (χ1v) is 7.68. The van der Waals surface area contributed by atoms with Crippen molar-refractivity contribution in [1.29, 1.82) is 0 Å². The van der Waals surface area contributed by atoms with E-state index in [-0.39, 0.29) is 0 Å². The number of pyridine rings is 1. The lowest BCUT2D eigenvalue weighted by Gasteiger charge is -2.35. The number of nitrogens with zero attached hydrogens (tertiary/aromatic N) is 2. The van der Waals surface area contributed by atoms with E-state index < -0.39 is 0 Å². The quantitative estimate of drug-likeness (QED) is 0.829. The highest BCUT2D eigenvalue weighted by Gasteiger charge is 2.27. The van der Waals surface area contributed by atoms with E-state index >= 15 is 0 Å². The van der Waals surface area contributed by atoms with Gasteiger partial charge >= 0.3 is 0 Å². The van der Waals surface area contributed by atoms with Crippen LogP contribution in [0.15, 0.2) is 24.5 Å². The van der Waals surface area contributed by atoms with Gasteiger partial charge in [0.25, 0.3) is 0 Å². The van der Waals surface area contributed by atoms with E-state index in [9.17, 15) is 0 Å². The summed E-state index contributed by atoms with van der Waals surface area (Å²) in [5.41, 5.74) is 7.37. The zero-order chi connectivity index (χ0) is 13.5. The molecule has 0 bridgehead atoms. The van der Waals surface area contributed by atoms with Gasteiger partial charge in [-0.05, 0) is 49.5 Å². The predicted octanol–water partition coefficient (Wildman–Crippen LogP) is 2.81. The number of hydrogen-bond donors (Lipinski definition) is 1. The minimum absolute atomic E-state index is 0.658. The summed E-state index contributed by atoms with van der Waals surface area (Å²) < 4.78 is 0. The molecule has 2 atom stereocenters. The second-order valence-corrected chi connectivity index (χ2v) is 5.62. The zero-order valence-corrected chi connectivity index (χ0v) is 12.1. The molecule has 1 aliphatic rings. The molecule has 2 unspecified atom stereocenters. The van der Waals surface area contributed by atoms with Crippen LogP contribution in [-0.4, -0.2) is 29.0 Å². The van der Waals surface area contributed by atoms with Crippen molar-refractivity contribution in [1.82, 2.24) is 9.88 Å². The molecule has 106 valence electrons. The van der Waals surface area contributed by atoms with E-state index in [0.29, 0.717) is 12.0 Å². The maximum atomic E-state index is 6.01. The molecule has 2 N–H and O–H groups in total. The van der Waals surface area contributed by atoms with Gasteiger partial charge in [0.2, 0.25) is 0 Å². The number of nitrogens with two attached hydrogens (primary N) is 1. The largest absolute Gasteiger partial charge is 0.330 e. The van der Waals surface area contributed by atoms with Crippen molar-refractivity contribution in [3.05, 3.63) is 30.1 Å². The van der Waals surface area contributed by atoms with Gasteiger partial charge < -0.3 is 5.73 Å². The molecule has 0 amide bonds. The van der Waals surface area contributed by atoms with Crippen molar-refractivity contribution >= 4 is 0 Å². The number of aromatic nitrogens is 1. The van der Waals surface area contributed by atoms with Crippen molar-refractivity contribution in [2.75, 3.05) is 13.1 Å². The Kier molecular flexibility index (Phi) is 5.80. The highest BCUT2D eigenvalue weighted by Crippen LogP contribution is 2.27. The van der Waals surface area contributed by atoms with Crippen LogP contribution in [0.1, 0.15) is 44.6 Å². The first kappa shape index (κ1) is 14.5. The monoisotopic (exact) mass is 261 g/mol. The molecule has 1 fully saturated rings. The van der Waals surface area contributed by atoms with Crippen molar-refractivity contribution in [2.24, 2.45) is 11.7 Å². The minimum Gasteiger partial charge on any atom is -0.330 e. The molecule has 3 nitrogen and oxygen atoms in total. The van der Waals surface area contributed by atoms with E-state index in [1.807, 2.05) is 12.4 Å². The van der Waals surface area contributed by atoms with Gasteiger partial charge in [0, 0.05) is 25.0 Å². The Morgan fingerprint density at radius 1 is 1.21 bits per heavy atom. The van der Waals surface area contributed by atoms with Crippen molar-refractivity contribution in [2.45, 2.75) is 51.6 Å². The minimum atomic E-state index is 0.658. The van der Waals surface area contributed by atoms with Crippen LogP contribution in [0.25, 0.3) is 0 Å². The molecule has 3 heteroatoms. The van der Waals surface area contributed by atoms with Gasteiger partial charge in [-0.2, -0.15) is 0 Å². The van der Waals surface area contributed by atoms with Crippen LogP contribution in [0.3, 0.4) is 0 Å². The number of rotatable bonds is 5. The Balaban J connectivity index is 2.05. The van der Waals surface area contributed by atoms with Gasteiger partial charge in [0.05, 0.1) is 0 Å². The highest BCUT2D eigenvalue weighted by atomic mass is 15.2. The Labute approximate surface area is 117 Å². The fraction of sp³-hybridized carbons (Fsp3) is 0.688. The van der Waals surface area contributed by atoms with Crippen molar-refractivity contribution < 1.29 is 0 Å². The molecule has 1 saturated carbocycles. The SMILES string of the molecule is CCN(Cc1ccncc1)C1CCCCCC1CN. The number of hydrogen-bond acceptors (Lipinski definition) is 3. The fourth-order valence-corrected chi connectivity index (χ4v) is 3.31. The molecule has 1 aliphatic carbocycles. The summed E-state index contributed by atoms with van der Waals surface area (Å²) in [4.78, 5) is 6.71. The second kappa shape index (κ2) is 7.61. The van der Waals surface area contributed by atoms with Crippen LogP contribution in [0, 0.1) is 5.92 Å². The lowest BCUT2D eigenvalue weighted by Crippen LogP contribution is -2.42. The molecule has 0 saturated heterocycles. The topological polar surface area (TPSA) is 42.2 Å². The normalized spacial score (nSPS) is 24.4. The standard InChI is InChI=1S/C16H27N3/c1-2-19(13-14-8-10-18-11-9-14)16-7-5-3-4-6-15(16)12-17/h8-11,15-16H,2-7,12-13,17H2,1H3. The van der Waals surface area contributed by atoms with Crippen LogP contribution >= 0.6 is 0 Å². The average molecular weight is 261 g/mol. The lowest BCUT2D eigenvalue weighted by molar-refractivity contribution is 0.134. The van der Waals surface area contributed by atoms with E-state index in [1.54, 1.807) is 0 Å². The average Bonchev–Trinajstić information content (AvgIpc) is 2.71. The molecule has 0 aromatic carbocycles. The Bertz CT molecular complexity index is 352. The molecule has 1 heterocycles. The summed E-state index contributed by atoms with van der Waals surface area (Å²) in [5, 5.41) is 0. The molecule has 0 spiro atoms. The smallest absolute Gasteiger partial charge is 0.0271 e. The molecular formula is C16H27N3. The van der Waals surface area contributed by atoms with Crippen molar-refractivity contribution in [3.8, 4) is 0 Å². The lowest BCUT2D eigenvalue weighted by atomic mass is 9.93. The van der Waals surface area contributed by atoms with Crippen molar-refractivity contribution in [3.63, 3.8) is 0 Å². The maximum absolute atomic E-state index is 6.01. The van der Waals surface area contributed by atoms with Gasteiger partial charge in [-0.1, -0.05) is 26.2 Å². The summed E-state index contributed by atoms with van der Waals surface area (Å²) in [6.07, 6.45) is 10.5. The van der Waals surface area contributed by atoms with E-state index in [2.05, 4.69) is 28.9 Å². The Hall–Kier alpha value is -0.930. The highest BCUT2D eigenvalue weighted by molar-refractivity contribution is 5.09. The van der Waals surface area contributed by atoms with E-state index in [1.165, 1.54) is 37.7 Å². The Morgan fingerprint density at radius 2 is 1.95 bits per heavy atom. The Morgan fingerprint density at radius 3 is 2.63 bits per heavy atom. The first-order chi connectivity index (χ1) is 9.35. The molecular weight excluding hydrogens is 234 g/mol. The summed E-state index contributed by atoms with van der Waals surface area (Å²) >= 11 is 0. The van der Waals surface area contributed by atoms with Crippen LogP contribution in [0.4, 0.5) is 0 Å². The van der Waals surface area contributed by atoms with E-state index in [4.69, 9.17) is 5.73 Å². The third-order valence-corrected chi connectivity index (χ3v) is 4.43. The summed E-state index contributed by atoms with van der Waals surface area (Å²) in [7, 11) is 0. The van der Waals surface area contributed by atoms with Crippen LogP contribution in [0.5, 0.6) is 0 Å². The van der Waals surface area contributed by atoms with Crippen LogP contribution in [-0.2, 0) is 6.54 Å². The molecule has 0 radical (unpaired) electrons. The third kappa shape index (κ3) is 4.02. The molecule has 2 rings (SSSR count). The fourth-order valence-electron chi connectivity index (χ4n) is 3.31. The second-order valence-electron chi connectivity index (χ2n) is 5.62. The van der Waals surface area contributed by atoms with Crippen LogP contribution < -0.4 is 5.73 Å². The van der Waals surface area contributed by atoms with Gasteiger partial charge in [0.1, 0.15) is 0 Å². The molecule has 0 aliphatic heterocycles.